The second-order valence-corrected chi connectivity index (χ2v) is 6.77. The molecule has 0 aliphatic carbocycles. The zero-order valence-electron chi connectivity index (χ0n) is 15.3. The number of rotatable bonds is 5. The molecule has 0 aliphatic rings. The van der Waals surface area contributed by atoms with Gasteiger partial charge >= 0.3 is 0 Å². The molecule has 0 aromatic carbocycles. The van der Waals surface area contributed by atoms with E-state index in [1.54, 1.807) is 28.9 Å². The zero-order valence-corrected chi connectivity index (χ0v) is 16.9. The predicted molar refractivity (Wildman–Crippen MR) is 105 cm³/mol. The molecule has 0 fully saturated rings. The molecule has 1 amide bonds. The number of nitrogens with two attached hydrogens (primary N) is 1. The van der Waals surface area contributed by atoms with Gasteiger partial charge in [-0.2, -0.15) is 5.10 Å². The third-order valence-corrected chi connectivity index (χ3v) is 3.79. The van der Waals surface area contributed by atoms with Crippen molar-refractivity contribution in [3.8, 4) is 5.82 Å². The minimum absolute atomic E-state index is 0. The van der Waals surface area contributed by atoms with Crippen LogP contribution in [0, 0.1) is 19.3 Å². The van der Waals surface area contributed by atoms with Crippen molar-refractivity contribution in [2.75, 3.05) is 20.1 Å². The topological polar surface area (TPSA) is 77.0 Å². The number of carbonyl (C=O) groups is 1. The Balaban J connectivity index is 0.00000288. The molecule has 0 unspecified atom stereocenters. The van der Waals surface area contributed by atoms with Crippen LogP contribution in [0.1, 0.15) is 35.6 Å². The number of amides is 1. The van der Waals surface area contributed by atoms with Crippen molar-refractivity contribution in [1.29, 1.82) is 0 Å². The van der Waals surface area contributed by atoms with E-state index >= 15 is 0 Å². The molecule has 2 N–H and O–H groups in total. The normalized spacial score (nSPS) is 10.6. The summed E-state index contributed by atoms with van der Waals surface area (Å²) < 4.78 is 1.77. The molecule has 25 heavy (non-hydrogen) atoms. The smallest absolute Gasteiger partial charge is 0.255 e. The van der Waals surface area contributed by atoms with Crippen molar-refractivity contribution in [3.63, 3.8) is 0 Å². The fraction of sp³-hybridized carbons (Fsp3) is 0.471. The van der Waals surface area contributed by atoms with E-state index in [0.717, 1.165) is 11.4 Å². The van der Waals surface area contributed by atoms with E-state index < -0.39 is 0 Å². The van der Waals surface area contributed by atoms with Crippen LogP contribution in [0.25, 0.3) is 5.82 Å². The predicted octanol–water partition coefficient (Wildman–Crippen LogP) is 2.78. The van der Waals surface area contributed by atoms with Crippen LogP contribution in [-0.4, -0.2) is 45.7 Å². The fourth-order valence-corrected chi connectivity index (χ4v) is 2.50. The van der Waals surface area contributed by atoms with E-state index in [9.17, 15) is 4.79 Å². The molecule has 2 heterocycles. The highest BCUT2D eigenvalue weighted by Gasteiger charge is 2.22. The van der Waals surface area contributed by atoms with E-state index in [2.05, 4.69) is 10.1 Å². The van der Waals surface area contributed by atoms with Crippen LogP contribution in [0.3, 0.4) is 0 Å². The third-order valence-electron chi connectivity index (χ3n) is 3.79. The Labute approximate surface area is 161 Å². The molecule has 2 rings (SSSR count). The van der Waals surface area contributed by atoms with Crippen LogP contribution in [-0.2, 0) is 0 Å². The van der Waals surface area contributed by atoms with Gasteiger partial charge in [-0.25, -0.2) is 9.67 Å². The molecular formula is C17H27Cl2N5O. The average molecular weight is 388 g/mol. The summed E-state index contributed by atoms with van der Waals surface area (Å²) in [5.41, 5.74) is 8.13. The summed E-state index contributed by atoms with van der Waals surface area (Å²) in [6, 6.07) is 5.59. The van der Waals surface area contributed by atoms with Crippen LogP contribution >= 0.6 is 24.8 Å². The molecule has 0 spiro atoms. The van der Waals surface area contributed by atoms with Gasteiger partial charge in [0.2, 0.25) is 0 Å². The number of carbonyl (C=O) groups excluding carboxylic acids is 1. The first-order chi connectivity index (χ1) is 10.7. The lowest BCUT2D eigenvalue weighted by Gasteiger charge is -2.29. The lowest BCUT2D eigenvalue weighted by Crippen LogP contribution is -2.39. The molecule has 0 atom stereocenters. The lowest BCUT2D eigenvalue weighted by molar-refractivity contribution is 0.0740. The van der Waals surface area contributed by atoms with E-state index in [0.29, 0.717) is 24.5 Å². The maximum absolute atomic E-state index is 12.5. The quantitative estimate of drug-likeness (QED) is 0.855. The molecule has 0 saturated carbocycles. The summed E-state index contributed by atoms with van der Waals surface area (Å²) in [6.45, 7) is 9.13. The first kappa shape index (κ1) is 23.4. The van der Waals surface area contributed by atoms with Crippen molar-refractivity contribution in [2.24, 2.45) is 11.1 Å². The van der Waals surface area contributed by atoms with Crippen LogP contribution < -0.4 is 5.73 Å². The molecule has 0 aliphatic heterocycles. The Morgan fingerprint density at radius 1 is 1.28 bits per heavy atom. The van der Waals surface area contributed by atoms with E-state index in [1.165, 1.54) is 0 Å². The van der Waals surface area contributed by atoms with Crippen LogP contribution in [0.5, 0.6) is 0 Å². The lowest BCUT2D eigenvalue weighted by atomic mass is 9.93. The monoisotopic (exact) mass is 387 g/mol. The van der Waals surface area contributed by atoms with Crippen LogP contribution in [0.4, 0.5) is 0 Å². The SMILES string of the molecule is Cc1cc(C)n(-c2ccc(C(=O)N(C)CC(C)(C)CN)cn2)n1.Cl.Cl. The maximum Gasteiger partial charge on any atom is 0.255 e. The Morgan fingerprint density at radius 3 is 2.36 bits per heavy atom. The Morgan fingerprint density at radius 2 is 1.92 bits per heavy atom. The minimum Gasteiger partial charge on any atom is -0.341 e. The standard InChI is InChI=1S/C17H25N5O.2ClH/c1-12-8-13(2)22(20-12)15-7-6-14(9-19-15)16(23)21(5)11-17(3,4)10-18;;/h6-9H,10-11,18H2,1-5H3;2*1H. The van der Waals surface area contributed by atoms with Gasteiger partial charge in [0.25, 0.3) is 5.91 Å². The third kappa shape index (κ3) is 5.70. The molecule has 2 aromatic heterocycles. The van der Waals surface area contributed by atoms with E-state index in [4.69, 9.17) is 5.73 Å². The van der Waals surface area contributed by atoms with Crippen molar-refractivity contribution >= 4 is 30.7 Å². The second-order valence-electron chi connectivity index (χ2n) is 6.77. The van der Waals surface area contributed by atoms with Crippen molar-refractivity contribution in [1.82, 2.24) is 19.7 Å². The molecular weight excluding hydrogens is 361 g/mol. The van der Waals surface area contributed by atoms with Gasteiger partial charge < -0.3 is 10.6 Å². The van der Waals surface area contributed by atoms with Crippen LogP contribution in [0.2, 0.25) is 0 Å². The number of nitrogens with zero attached hydrogens (tertiary/aromatic N) is 4. The summed E-state index contributed by atoms with van der Waals surface area (Å²) in [6.07, 6.45) is 1.60. The average Bonchev–Trinajstić information content (AvgIpc) is 2.85. The first-order valence-corrected chi connectivity index (χ1v) is 7.69. The molecule has 0 saturated heterocycles. The van der Waals surface area contributed by atoms with Gasteiger partial charge in [0.05, 0.1) is 11.3 Å². The number of aryl methyl sites for hydroxylation is 2. The number of hydrogen-bond donors (Lipinski definition) is 1. The summed E-state index contributed by atoms with van der Waals surface area (Å²) in [5.74, 6) is 0.649. The van der Waals surface area contributed by atoms with Gasteiger partial charge in [-0.3, -0.25) is 4.79 Å². The second kappa shape index (κ2) is 9.17. The van der Waals surface area contributed by atoms with Crippen LogP contribution in [0.15, 0.2) is 24.4 Å². The van der Waals surface area contributed by atoms with E-state index in [1.807, 2.05) is 39.8 Å². The summed E-state index contributed by atoms with van der Waals surface area (Å²) in [4.78, 5) is 18.5. The zero-order chi connectivity index (χ0) is 17.2. The number of halogens is 2. The molecule has 8 heteroatoms. The highest BCUT2D eigenvalue weighted by Crippen LogP contribution is 2.16. The van der Waals surface area contributed by atoms with Gasteiger partial charge in [0.15, 0.2) is 5.82 Å². The maximum atomic E-state index is 12.5. The molecule has 0 radical (unpaired) electrons. The van der Waals surface area contributed by atoms with Gasteiger partial charge in [0, 0.05) is 25.5 Å². The Bertz CT molecular complexity index is 698. The van der Waals surface area contributed by atoms with E-state index in [-0.39, 0.29) is 36.1 Å². The highest BCUT2D eigenvalue weighted by molar-refractivity contribution is 5.93. The van der Waals surface area contributed by atoms with Crippen molar-refractivity contribution < 1.29 is 4.79 Å². The van der Waals surface area contributed by atoms with Gasteiger partial charge in [0.1, 0.15) is 0 Å². The van der Waals surface area contributed by atoms with Gasteiger partial charge in [-0.05, 0) is 44.0 Å². The number of pyridine rings is 1. The molecule has 6 nitrogen and oxygen atoms in total. The van der Waals surface area contributed by atoms with Crippen molar-refractivity contribution in [3.05, 3.63) is 41.3 Å². The highest BCUT2D eigenvalue weighted by atomic mass is 35.5. The largest absolute Gasteiger partial charge is 0.341 e. The van der Waals surface area contributed by atoms with Crippen molar-refractivity contribution in [2.45, 2.75) is 27.7 Å². The summed E-state index contributed by atoms with van der Waals surface area (Å²) >= 11 is 0. The summed E-state index contributed by atoms with van der Waals surface area (Å²) in [5, 5.41) is 4.39. The molecule has 2 aromatic rings. The molecule has 0 bridgehead atoms. The number of aromatic nitrogens is 3. The first-order valence-electron chi connectivity index (χ1n) is 7.69. The Kier molecular flexibility index (Phi) is 8.58. The summed E-state index contributed by atoms with van der Waals surface area (Å²) in [7, 11) is 1.79. The Hall–Kier alpha value is -1.63. The van der Waals surface area contributed by atoms with Gasteiger partial charge in [-0.15, -0.1) is 24.8 Å². The fourth-order valence-electron chi connectivity index (χ4n) is 2.50. The minimum atomic E-state index is -0.110. The van der Waals surface area contributed by atoms with Gasteiger partial charge in [-0.1, -0.05) is 13.8 Å². The number of hydrogen-bond acceptors (Lipinski definition) is 4. The molecule has 140 valence electrons.